The number of benzene rings is 2. The van der Waals surface area contributed by atoms with Crippen LogP contribution < -0.4 is 10.6 Å². The van der Waals surface area contributed by atoms with Gasteiger partial charge in [0.05, 0.1) is 23.1 Å². The first-order chi connectivity index (χ1) is 12.2. The zero-order valence-corrected chi connectivity index (χ0v) is 13.8. The van der Waals surface area contributed by atoms with Gasteiger partial charge >= 0.3 is 0 Å². The fourth-order valence-electron chi connectivity index (χ4n) is 2.18. The molecular weight excluding hydrogens is 336 g/mol. The van der Waals surface area contributed by atoms with Gasteiger partial charge in [0.1, 0.15) is 11.9 Å². The van der Waals surface area contributed by atoms with E-state index in [1.807, 2.05) is 12.1 Å². The summed E-state index contributed by atoms with van der Waals surface area (Å²) in [5.41, 5.74) is 2.45. The van der Waals surface area contributed by atoms with Gasteiger partial charge in [-0.1, -0.05) is 23.7 Å². The van der Waals surface area contributed by atoms with E-state index >= 15 is 0 Å². The summed E-state index contributed by atoms with van der Waals surface area (Å²) in [6.45, 7) is 0. The molecule has 1 heterocycles. The maximum atomic E-state index is 12.1. The fourth-order valence-corrected chi connectivity index (χ4v) is 2.30. The molecule has 6 heteroatoms. The van der Waals surface area contributed by atoms with Crippen LogP contribution >= 0.6 is 11.6 Å². The van der Waals surface area contributed by atoms with E-state index in [2.05, 4.69) is 21.7 Å². The molecule has 3 aromatic rings. The van der Waals surface area contributed by atoms with E-state index in [0.29, 0.717) is 33.3 Å². The van der Waals surface area contributed by atoms with Crippen LogP contribution in [-0.4, -0.2) is 10.9 Å². The lowest BCUT2D eigenvalue weighted by atomic mass is 10.2. The van der Waals surface area contributed by atoms with Crippen molar-refractivity contribution in [3.05, 3.63) is 83.0 Å². The number of halogens is 1. The second-order valence-corrected chi connectivity index (χ2v) is 5.61. The number of hydrogen-bond acceptors (Lipinski definition) is 4. The molecule has 25 heavy (non-hydrogen) atoms. The molecule has 5 nitrogen and oxygen atoms in total. The van der Waals surface area contributed by atoms with Crippen molar-refractivity contribution in [2.75, 3.05) is 10.6 Å². The van der Waals surface area contributed by atoms with E-state index < -0.39 is 0 Å². The highest BCUT2D eigenvalue weighted by Gasteiger charge is 2.07. The Morgan fingerprint density at radius 2 is 1.80 bits per heavy atom. The zero-order valence-electron chi connectivity index (χ0n) is 13.0. The number of rotatable bonds is 4. The lowest BCUT2D eigenvalue weighted by Crippen LogP contribution is -2.12. The molecule has 2 N–H and O–H groups in total. The third-order valence-corrected chi connectivity index (χ3v) is 3.69. The number of nitrogens with one attached hydrogen (secondary N) is 2. The molecule has 0 bridgehead atoms. The van der Waals surface area contributed by atoms with Gasteiger partial charge in [-0.3, -0.25) is 4.79 Å². The monoisotopic (exact) mass is 348 g/mol. The number of carbonyl (C=O) groups is 1. The van der Waals surface area contributed by atoms with Crippen LogP contribution in [0.2, 0.25) is 5.02 Å². The summed E-state index contributed by atoms with van der Waals surface area (Å²) in [6, 6.07) is 19.4. The fraction of sp³-hybridized carbons (Fsp3) is 0. The molecule has 1 aromatic heterocycles. The van der Waals surface area contributed by atoms with Gasteiger partial charge in [-0.15, -0.1) is 0 Å². The molecule has 0 spiro atoms. The molecule has 0 saturated carbocycles. The summed E-state index contributed by atoms with van der Waals surface area (Å²) < 4.78 is 0. The molecule has 0 aliphatic heterocycles. The Kier molecular flexibility index (Phi) is 4.93. The molecule has 0 radical (unpaired) electrons. The number of para-hydroxylation sites is 1. The Labute approximate surface area is 149 Å². The molecule has 0 atom stereocenters. The van der Waals surface area contributed by atoms with Gasteiger partial charge in [-0.05, 0) is 48.5 Å². The van der Waals surface area contributed by atoms with E-state index in [1.54, 1.807) is 54.7 Å². The molecule has 122 valence electrons. The van der Waals surface area contributed by atoms with Crippen molar-refractivity contribution >= 4 is 34.7 Å². The largest absolute Gasteiger partial charge is 0.353 e. The average Bonchev–Trinajstić information content (AvgIpc) is 2.64. The van der Waals surface area contributed by atoms with Gasteiger partial charge in [0.15, 0.2) is 0 Å². The number of nitriles is 1. The van der Waals surface area contributed by atoms with Crippen LogP contribution in [0.1, 0.15) is 15.9 Å². The topological polar surface area (TPSA) is 77.8 Å². The van der Waals surface area contributed by atoms with Crippen LogP contribution in [0.5, 0.6) is 0 Å². The minimum Gasteiger partial charge on any atom is -0.353 e. The maximum Gasteiger partial charge on any atom is 0.256 e. The number of pyridine rings is 1. The standard InChI is InChI=1S/C19H13ClN4O/c20-15-7-5-13(6-8-15)19(25)24-18-10-9-16(12-22-18)23-17-4-2-1-3-14(17)11-21/h1-10,12,23H,(H,22,24,25). The van der Waals surface area contributed by atoms with Crippen LogP contribution in [0.4, 0.5) is 17.2 Å². The lowest BCUT2D eigenvalue weighted by Gasteiger charge is -2.09. The third-order valence-electron chi connectivity index (χ3n) is 3.44. The van der Waals surface area contributed by atoms with Gasteiger partial charge in [-0.25, -0.2) is 4.98 Å². The third kappa shape index (κ3) is 4.14. The first-order valence-corrected chi connectivity index (χ1v) is 7.82. The lowest BCUT2D eigenvalue weighted by molar-refractivity contribution is 0.102. The second-order valence-electron chi connectivity index (χ2n) is 5.18. The van der Waals surface area contributed by atoms with Crippen molar-refractivity contribution in [2.24, 2.45) is 0 Å². The van der Waals surface area contributed by atoms with Gasteiger partial charge in [0.2, 0.25) is 0 Å². The number of hydrogen-bond donors (Lipinski definition) is 2. The van der Waals surface area contributed by atoms with E-state index in [0.717, 1.165) is 0 Å². The van der Waals surface area contributed by atoms with Crippen LogP contribution in [0.3, 0.4) is 0 Å². The first kappa shape index (κ1) is 16.5. The van der Waals surface area contributed by atoms with Crippen molar-refractivity contribution in [1.82, 2.24) is 4.98 Å². The molecule has 0 saturated heterocycles. The molecule has 0 fully saturated rings. The highest BCUT2D eigenvalue weighted by molar-refractivity contribution is 6.30. The van der Waals surface area contributed by atoms with Crippen molar-refractivity contribution in [3.63, 3.8) is 0 Å². The normalized spacial score (nSPS) is 9.92. The molecule has 1 amide bonds. The Morgan fingerprint density at radius 1 is 1.04 bits per heavy atom. The summed E-state index contributed by atoms with van der Waals surface area (Å²) in [5, 5.41) is 15.5. The molecule has 0 aliphatic rings. The molecule has 0 unspecified atom stereocenters. The van der Waals surface area contributed by atoms with Gasteiger partial charge < -0.3 is 10.6 Å². The Bertz CT molecular complexity index is 931. The van der Waals surface area contributed by atoms with Gasteiger partial charge in [0, 0.05) is 10.6 Å². The highest BCUT2D eigenvalue weighted by atomic mass is 35.5. The Hall–Kier alpha value is -3.36. The van der Waals surface area contributed by atoms with Crippen LogP contribution in [0, 0.1) is 11.3 Å². The minimum absolute atomic E-state index is 0.264. The predicted molar refractivity (Wildman–Crippen MR) is 98.1 cm³/mol. The summed E-state index contributed by atoms with van der Waals surface area (Å²) in [7, 11) is 0. The molecule has 2 aromatic carbocycles. The number of carbonyl (C=O) groups excluding carboxylic acids is 1. The average molecular weight is 349 g/mol. The van der Waals surface area contributed by atoms with Crippen molar-refractivity contribution in [1.29, 1.82) is 5.26 Å². The minimum atomic E-state index is -0.264. The molecule has 0 aliphatic carbocycles. The number of nitrogens with zero attached hydrogens (tertiary/aromatic N) is 2. The summed E-state index contributed by atoms with van der Waals surface area (Å²) in [6.07, 6.45) is 1.59. The van der Waals surface area contributed by atoms with Crippen LogP contribution in [0.15, 0.2) is 66.9 Å². The Morgan fingerprint density at radius 3 is 2.48 bits per heavy atom. The van der Waals surface area contributed by atoms with Crippen LogP contribution in [-0.2, 0) is 0 Å². The van der Waals surface area contributed by atoms with E-state index in [1.165, 1.54) is 0 Å². The SMILES string of the molecule is N#Cc1ccccc1Nc1ccc(NC(=O)c2ccc(Cl)cc2)nc1. The summed E-state index contributed by atoms with van der Waals surface area (Å²) in [4.78, 5) is 16.3. The molecule has 3 rings (SSSR count). The van der Waals surface area contributed by atoms with Crippen molar-refractivity contribution in [2.45, 2.75) is 0 Å². The maximum absolute atomic E-state index is 12.1. The zero-order chi connectivity index (χ0) is 17.6. The van der Waals surface area contributed by atoms with Gasteiger partial charge in [-0.2, -0.15) is 5.26 Å². The summed E-state index contributed by atoms with van der Waals surface area (Å²) in [5.74, 6) is 0.166. The highest BCUT2D eigenvalue weighted by Crippen LogP contribution is 2.20. The smallest absolute Gasteiger partial charge is 0.256 e. The van der Waals surface area contributed by atoms with E-state index in [-0.39, 0.29) is 5.91 Å². The summed E-state index contributed by atoms with van der Waals surface area (Å²) >= 11 is 5.81. The second kappa shape index (κ2) is 7.47. The van der Waals surface area contributed by atoms with Crippen molar-refractivity contribution < 1.29 is 4.79 Å². The van der Waals surface area contributed by atoms with E-state index in [4.69, 9.17) is 16.9 Å². The first-order valence-electron chi connectivity index (χ1n) is 7.45. The number of anilines is 3. The van der Waals surface area contributed by atoms with Crippen molar-refractivity contribution in [3.8, 4) is 6.07 Å². The number of aromatic nitrogens is 1. The van der Waals surface area contributed by atoms with E-state index in [9.17, 15) is 4.79 Å². The van der Waals surface area contributed by atoms with Gasteiger partial charge in [0.25, 0.3) is 5.91 Å². The van der Waals surface area contributed by atoms with Crippen LogP contribution in [0.25, 0.3) is 0 Å². The predicted octanol–water partition coefficient (Wildman–Crippen LogP) is 4.60. The Balaban J connectivity index is 1.69. The molecular formula is C19H13ClN4O. The quantitative estimate of drug-likeness (QED) is 0.722. The number of amides is 1.